The lowest BCUT2D eigenvalue weighted by molar-refractivity contribution is -0.384. The Morgan fingerprint density at radius 2 is 1.67 bits per heavy atom. The van der Waals surface area contributed by atoms with Gasteiger partial charge in [0.15, 0.2) is 0 Å². The maximum atomic E-state index is 14.2. The van der Waals surface area contributed by atoms with Gasteiger partial charge in [-0.05, 0) is 62.2 Å². The fourth-order valence-corrected chi connectivity index (χ4v) is 4.81. The highest BCUT2D eigenvalue weighted by Crippen LogP contribution is 2.34. The number of nitrogens with zero attached hydrogens (tertiary/aromatic N) is 3. The van der Waals surface area contributed by atoms with Crippen molar-refractivity contribution in [2.45, 2.75) is 51.9 Å². The van der Waals surface area contributed by atoms with Gasteiger partial charge in [-0.2, -0.15) is 0 Å². The summed E-state index contributed by atoms with van der Waals surface area (Å²) in [5, 5.41) is 11.6. The monoisotopic (exact) mass is 529 g/mol. The minimum Gasteiger partial charge on any atom is -0.497 e. The number of methoxy groups -OCH3 is 1. The molecule has 0 N–H and O–H groups in total. The van der Waals surface area contributed by atoms with Crippen LogP contribution in [-0.2, 0) is 24.3 Å². The van der Waals surface area contributed by atoms with Crippen LogP contribution in [0.5, 0.6) is 11.5 Å². The van der Waals surface area contributed by atoms with Crippen molar-refractivity contribution in [3.8, 4) is 11.5 Å². The zero-order valence-corrected chi connectivity index (χ0v) is 22.9. The molecule has 0 aliphatic carbocycles. The van der Waals surface area contributed by atoms with Crippen LogP contribution >= 0.6 is 0 Å². The van der Waals surface area contributed by atoms with E-state index in [0.29, 0.717) is 19.5 Å². The summed E-state index contributed by atoms with van der Waals surface area (Å²) in [6.45, 7) is 10.9. The van der Waals surface area contributed by atoms with E-state index in [9.17, 15) is 14.9 Å². The van der Waals surface area contributed by atoms with E-state index in [1.165, 1.54) is 6.07 Å². The molecular weight excluding hydrogens is 494 g/mol. The predicted molar refractivity (Wildman–Crippen MR) is 152 cm³/mol. The van der Waals surface area contributed by atoms with E-state index in [4.69, 9.17) is 9.47 Å². The molecule has 0 saturated heterocycles. The van der Waals surface area contributed by atoms with E-state index in [0.717, 1.165) is 33.9 Å². The number of non-ortho nitro benzene ring substituents is 1. The number of nitro benzene ring substituents is 1. The van der Waals surface area contributed by atoms with Crippen LogP contribution in [0.1, 0.15) is 37.5 Å². The van der Waals surface area contributed by atoms with E-state index >= 15 is 0 Å². The molecule has 1 heterocycles. The number of ether oxygens (including phenoxy) is 2. The Morgan fingerprint density at radius 3 is 2.26 bits per heavy atom. The molecule has 1 amide bonds. The molecule has 1 atom stereocenters. The maximum absolute atomic E-state index is 14.2. The third-order valence-electron chi connectivity index (χ3n) is 6.55. The molecule has 3 aromatic rings. The van der Waals surface area contributed by atoms with E-state index < -0.39 is 11.0 Å². The molecule has 0 spiro atoms. The van der Waals surface area contributed by atoms with E-state index in [2.05, 4.69) is 6.58 Å². The van der Waals surface area contributed by atoms with Crippen LogP contribution in [0.25, 0.3) is 0 Å². The number of carbonyl (C=O) groups excluding carboxylic acids is 1. The average molecular weight is 530 g/mol. The molecule has 0 radical (unpaired) electrons. The Hall–Kier alpha value is -4.33. The summed E-state index contributed by atoms with van der Waals surface area (Å²) in [4.78, 5) is 29.1. The first-order chi connectivity index (χ1) is 18.6. The minimum atomic E-state index is -0.529. The van der Waals surface area contributed by atoms with Gasteiger partial charge < -0.3 is 19.3 Å². The van der Waals surface area contributed by atoms with Crippen molar-refractivity contribution in [2.24, 2.45) is 0 Å². The summed E-state index contributed by atoms with van der Waals surface area (Å²) < 4.78 is 11.2. The number of benzene rings is 3. The second-order valence-electron chi connectivity index (χ2n) is 10.6. The maximum Gasteiger partial charge on any atom is 0.269 e. The molecule has 1 aliphatic rings. The fourth-order valence-electron chi connectivity index (χ4n) is 4.81. The molecule has 3 aromatic carbocycles. The third kappa shape index (κ3) is 6.76. The second-order valence-corrected chi connectivity index (χ2v) is 10.6. The minimum absolute atomic E-state index is 0.00274. The largest absolute Gasteiger partial charge is 0.497 e. The third-order valence-corrected chi connectivity index (χ3v) is 6.55. The number of anilines is 1. The van der Waals surface area contributed by atoms with E-state index in [1.807, 2.05) is 74.2 Å². The highest BCUT2D eigenvalue weighted by molar-refractivity contribution is 5.88. The SMILES string of the molecule is C=CCN1c2ccc([N+](=O)[O-])cc2CN(Cc2ccc(OC)cc2)C(=O)[C@@H]1Cc1ccc(OC(C)(C)C)cc1. The molecule has 1 aliphatic heterocycles. The summed E-state index contributed by atoms with van der Waals surface area (Å²) in [7, 11) is 1.61. The van der Waals surface area contributed by atoms with Crippen LogP contribution in [0.2, 0.25) is 0 Å². The van der Waals surface area contributed by atoms with Gasteiger partial charge in [-0.1, -0.05) is 30.3 Å². The first-order valence-corrected chi connectivity index (χ1v) is 12.9. The van der Waals surface area contributed by atoms with Gasteiger partial charge in [-0.25, -0.2) is 0 Å². The van der Waals surface area contributed by atoms with Crippen molar-refractivity contribution in [3.05, 3.63) is 106 Å². The lowest BCUT2D eigenvalue weighted by Crippen LogP contribution is -2.47. The van der Waals surface area contributed by atoms with Crippen LogP contribution in [0, 0.1) is 10.1 Å². The summed E-state index contributed by atoms with van der Waals surface area (Å²) >= 11 is 0. The van der Waals surface area contributed by atoms with Gasteiger partial charge in [0, 0.05) is 49.4 Å². The normalized spacial score (nSPS) is 15.4. The zero-order chi connectivity index (χ0) is 28.2. The number of carbonyl (C=O) groups is 1. The summed E-state index contributed by atoms with van der Waals surface area (Å²) in [6, 6.07) is 19.7. The molecule has 8 heteroatoms. The molecule has 0 fully saturated rings. The van der Waals surface area contributed by atoms with Crippen LogP contribution < -0.4 is 14.4 Å². The molecule has 39 heavy (non-hydrogen) atoms. The Kier molecular flexibility index (Phi) is 8.24. The summed E-state index contributed by atoms with van der Waals surface area (Å²) in [5.41, 5.74) is 3.13. The average Bonchev–Trinajstić information content (AvgIpc) is 3.00. The lowest BCUT2D eigenvalue weighted by atomic mass is 10.0. The highest BCUT2D eigenvalue weighted by Gasteiger charge is 2.35. The summed E-state index contributed by atoms with van der Waals surface area (Å²) in [6.07, 6.45) is 2.21. The molecule has 8 nitrogen and oxygen atoms in total. The predicted octanol–water partition coefficient (Wildman–Crippen LogP) is 5.93. The number of hydrogen-bond acceptors (Lipinski definition) is 6. The van der Waals surface area contributed by atoms with E-state index in [1.54, 1.807) is 30.2 Å². The van der Waals surface area contributed by atoms with E-state index in [-0.39, 0.29) is 23.7 Å². The Labute approximate surface area is 229 Å². The van der Waals surface area contributed by atoms with Gasteiger partial charge in [0.05, 0.1) is 12.0 Å². The molecule has 0 unspecified atom stereocenters. The Bertz CT molecular complexity index is 1330. The number of fused-ring (bicyclic) bond motifs is 1. The highest BCUT2D eigenvalue weighted by atomic mass is 16.6. The molecule has 4 rings (SSSR count). The smallest absolute Gasteiger partial charge is 0.269 e. The molecular formula is C31H35N3O5. The summed E-state index contributed by atoms with van der Waals surface area (Å²) in [5.74, 6) is 1.44. The van der Waals surface area contributed by atoms with Crippen molar-refractivity contribution in [1.82, 2.24) is 4.90 Å². The number of rotatable bonds is 9. The van der Waals surface area contributed by atoms with Crippen LogP contribution in [-0.4, -0.2) is 41.0 Å². The second kappa shape index (κ2) is 11.6. The van der Waals surface area contributed by atoms with Gasteiger partial charge >= 0.3 is 0 Å². The van der Waals surface area contributed by atoms with Crippen molar-refractivity contribution in [2.75, 3.05) is 18.6 Å². The topological polar surface area (TPSA) is 85.1 Å². The van der Waals surface area contributed by atoms with Gasteiger partial charge in [0.25, 0.3) is 5.69 Å². The first kappa shape index (κ1) is 27.7. The van der Waals surface area contributed by atoms with Crippen LogP contribution in [0.15, 0.2) is 79.4 Å². The van der Waals surface area contributed by atoms with Gasteiger partial charge in [-0.3, -0.25) is 14.9 Å². The fraction of sp³-hybridized carbons (Fsp3) is 0.323. The van der Waals surface area contributed by atoms with Crippen molar-refractivity contribution in [3.63, 3.8) is 0 Å². The number of amides is 1. The van der Waals surface area contributed by atoms with Crippen LogP contribution in [0.4, 0.5) is 11.4 Å². The van der Waals surface area contributed by atoms with Crippen molar-refractivity contribution < 1.29 is 19.2 Å². The lowest BCUT2D eigenvalue weighted by Gasteiger charge is -2.32. The van der Waals surface area contributed by atoms with Crippen molar-refractivity contribution >= 4 is 17.3 Å². The molecule has 0 bridgehead atoms. The zero-order valence-electron chi connectivity index (χ0n) is 22.9. The van der Waals surface area contributed by atoms with Crippen LogP contribution in [0.3, 0.4) is 0 Å². The number of hydrogen-bond donors (Lipinski definition) is 0. The molecule has 0 aromatic heterocycles. The first-order valence-electron chi connectivity index (χ1n) is 12.9. The standard InChI is InChI=1S/C31H35N3O5/c1-6-17-33-28-16-11-25(34(36)37)19-24(28)21-32(20-23-9-12-26(38-5)13-10-23)30(35)29(33)18-22-7-14-27(15-8-22)39-31(2,3)4/h6-16,19,29H,1,17-18,20-21H2,2-5H3/t29-/m0/s1. The Balaban J connectivity index is 1.72. The number of nitro groups is 1. The van der Waals surface area contributed by atoms with Gasteiger partial charge in [-0.15, -0.1) is 6.58 Å². The Morgan fingerprint density at radius 1 is 1.03 bits per heavy atom. The van der Waals surface area contributed by atoms with Crippen molar-refractivity contribution in [1.29, 1.82) is 0 Å². The van der Waals surface area contributed by atoms with Gasteiger partial charge in [0.1, 0.15) is 23.1 Å². The quantitative estimate of drug-likeness (QED) is 0.194. The molecule has 204 valence electrons. The molecule has 0 saturated carbocycles. The van der Waals surface area contributed by atoms with Gasteiger partial charge in [0.2, 0.25) is 5.91 Å².